The summed E-state index contributed by atoms with van der Waals surface area (Å²) in [6.07, 6.45) is 10.2. The molecule has 7 nitrogen and oxygen atoms in total. The minimum Gasteiger partial charge on any atom is -0.356 e. The molecule has 1 amide bonds. The first kappa shape index (κ1) is 27.2. The predicted octanol–water partition coefficient (Wildman–Crippen LogP) is 6.04. The van der Waals surface area contributed by atoms with E-state index >= 15 is 0 Å². The molecular formula is C28H38N6OS. The Kier molecular flexibility index (Phi) is 10.8. The number of carbonyl (C=O) groups is 1. The summed E-state index contributed by atoms with van der Waals surface area (Å²) in [6.45, 7) is 8.84. The van der Waals surface area contributed by atoms with Crippen molar-refractivity contribution in [1.82, 2.24) is 25.1 Å². The van der Waals surface area contributed by atoms with Gasteiger partial charge in [0.2, 0.25) is 6.41 Å². The van der Waals surface area contributed by atoms with Crippen molar-refractivity contribution in [2.75, 3.05) is 24.2 Å². The molecule has 0 spiro atoms. The van der Waals surface area contributed by atoms with Gasteiger partial charge in [0.05, 0.1) is 11.1 Å². The van der Waals surface area contributed by atoms with Gasteiger partial charge >= 0.3 is 0 Å². The maximum absolute atomic E-state index is 9.99. The third-order valence-electron chi connectivity index (χ3n) is 5.80. The number of nitrogens with zero attached hydrogens (tertiary/aromatic N) is 5. The van der Waals surface area contributed by atoms with Crippen molar-refractivity contribution >= 4 is 35.0 Å². The molecule has 0 saturated carbocycles. The average Bonchev–Trinajstić information content (AvgIpc) is 3.39. The van der Waals surface area contributed by atoms with E-state index in [0.29, 0.717) is 13.0 Å². The Morgan fingerprint density at radius 1 is 1.00 bits per heavy atom. The van der Waals surface area contributed by atoms with Crippen molar-refractivity contribution in [1.29, 1.82) is 0 Å². The van der Waals surface area contributed by atoms with Crippen molar-refractivity contribution < 1.29 is 6.22 Å². The number of nitrogens with one attached hydrogen (secondary N) is 1. The van der Waals surface area contributed by atoms with Gasteiger partial charge in [0.15, 0.2) is 5.65 Å². The van der Waals surface area contributed by atoms with Gasteiger partial charge in [-0.3, -0.25) is 4.79 Å². The van der Waals surface area contributed by atoms with Crippen LogP contribution in [0.1, 0.15) is 45.7 Å². The number of hydrogen-bond acceptors (Lipinski definition) is 6. The highest BCUT2D eigenvalue weighted by Gasteiger charge is 2.17. The van der Waals surface area contributed by atoms with Crippen molar-refractivity contribution in [2.45, 2.75) is 51.5 Å². The first-order valence-electron chi connectivity index (χ1n) is 12.5. The molecule has 8 heteroatoms. The minimum absolute atomic E-state index is 0. The largest absolute Gasteiger partial charge is 0.356 e. The lowest BCUT2D eigenvalue weighted by molar-refractivity contribution is -0.109. The Morgan fingerprint density at radius 2 is 1.69 bits per heavy atom. The molecule has 1 fully saturated rings. The Balaban J connectivity index is 0.000000276. The quantitative estimate of drug-likeness (QED) is 0.254. The fourth-order valence-corrected chi connectivity index (χ4v) is 4.32. The lowest BCUT2D eigenvalue weighted by Crippen LogP contribution is -2.30. The van der Waals surface area contributed by atoms with Crippen LogP contribution >= 0.6 is 11.8 Å². The molecule has 1 aliphatic rings. The van der Waals surface area contributed by atoms with Crippen LogP contribution < -0.4 is 10.2 Å². The third kappa shape index (κ3) is 7.31. The van der Waals surface area contributed by atoms with E-state index in [9.17, 15) is 4.79 Å². The number of amides is 1. The molecule has 5 rings (SSSR count). The van der Waals surface area contributed by atoms with E-state index in [2.05, 4.69) is 56.5 Å². The number of fused-ring (bicyclic) bond motifs is 1. The summed E-state index contributed by atoms with van der Waals surface area (Å²) < 4.78 is 1.90. The molecule has 0 unspecified atom stereocenters. The van der Waals surface area contributed by atoms with Gasteiger partial charge in [0, 0.05) is 32.2 Å². The summed E-state index contributed by atoms with van der Waals surface area (Å²) >= 11 is 1.71. The molecule has 1 saturated heterocycles. The zero-order valence-electron chi connectivity index (χ0n) is 21.6. The molecule has 36 heavy (non-hydrogen) atoms. The Bertz CT molecular complexity index is 1210. The van der Waals surface area contributed by atoms with Gasteiger partial charge in [-0.15, -0.1) is 16.9 Å². The number of aryl methyl sites for hydroxylation is 1. The van der Waals surface area contributed by atoms with Crippen LogP contribution in [0.5, 0.6) is 0 Å². The molecule has 0 bridgehead atoms. The second-order valence-corrected chi connectivity index (χ2v) is 9.12. The van der Waals surface area contributed by atoms with Gasteiger partial charge in [-0.1, -0.05) is 43.7 Å². The average molecular weight is 507 g/mol. The molecule has 1 N–H and O–H groups in total. The highest BCUT2D eigenvalue weighted by Crippen LogP contribution is 2.26. The van der Waals surface area contributed by atoms with Crippen molar-refractivity contribution in [2.24, 2.45) is 0 Å². The molecule has 2 aromatic heterocycles. The van der Waals surface area contributed by atoms with Crippen LogP contribution in [0.15, 0.2) is 66.0 Å². The van der Waals surface area contributed by atoms with E-state index in [4.69, 9.17) is 0 Å². The Hall–Kier alpha value is -3.39. The summed E-state index contributed by atoms with van der Waals surface area (Å²) in [5.41, 5.74) is 4.18. The highest BCUT2D eigenvalue weighted by atomic mass is 32.2. The van der Waals surface area contributed by atoms with Gasteiger partial charge in [0.25, 0.3) is 0 Å². The van der Waals surface area contributed by atoms with Gasteiger partial charge in [-0.2, -0.15) is 0 Å². The monoisotopic (exact) mass is 506 g/mol. The summed E-state index contributed by atoms with van der Waals surface area (Å²) in [4.78, 5) is 22.4. The molecule has 2 aromatic carbocycles. The fraction of sp³-hybridized carbons (Fsp3) is 0.357. The van der Waals surface area contributed by atoms with E-state index < -0.39 is 0 Å². The zero-order chi connectivity index (χ0) is 25.8. The topological polar surface area (TPSA) is 75.9 Å². The number of thioether (sulfide) groups is 1. The molecule has 4 aromatic rings. The second-order valence-electron chi connectivity index (χ2n) is 8.24. The first-order chi connectivity index (χ1) is 17.7. The Morgan fingerprint density at radius 3 is 2.33 bits per heavy atom. The highest BCUT2D eigenvalue weighted by molar-refractivity contribution is 7.98. The zero-order valence-corrected chi connectivity index (χ0v) is 22.5. The lowest BCUT2D eigenvalue weighted by Gasteiger charge is -2.27. The van der Waals surface area contributed by atoms with E-state index in [1.54, 1.807) is 18.1 Å². The normalized spacial score (nSPS) is 12.7. The molecule has 0 radical (unpaired) electrons. The molecular weight excluding hydrogens is 468 g/mol. The standard InChI is InChI=1S/C17H19N5.C9H11NOS.C2H6.H2/c1-13-5-7-14(8-6-13)22-11-15-16(20-22)18-12-19-17(15)21-9-3-2-4-10-21;1-12-9-4-2-8(3-5-9)6-10-7-11;1-2;/h5-8,11-12H,2-4,9-10H2,1H3;2-5,7H,6H2,1H3,(H,10,11);1-2H3;1H. The van der Waals surface area contributed by atoms with Crippen molar-refractivity contribution in [3.05, 3.63) is 72.2 Å². The van der Waals surface area contributed by atoms with E-state index in [1.807, 2.05) is 55.2 Å². The van der Waals surface area contributed by atoms with Crippen LogP contribution in [0.3, 0.4) is 0 Å². The SMILES string of the molecule is CC.CSc1ccc(CNC=O)cc1.Cc1ccc(-n2cc3c(N4CCCCC4)ncnc3n2)cc1.[HH]. The molecule has 3 heterocycles. The number of anilines is 1. The van der Waals surface area contributed by atoms with Crippen molar-refractivity contribution in [3.8, 4) is 5.69 Å². The van der Waals surface area contributed by atoms with E-state index in [-0.39, 0.29) is 1.43 Å². The van der Waals surface area contributed by atoms with Crippen LogP contribution in [0.2, 0.25) is 0 Å². The number of hydrogen-bond donors (Lipinski definition) is 1. The smallest absolute Gasteiger partial charge is 0.207 e. The Labute approximate surface area is 219 Å². The van der Waals surface area contributed by atoms with E-state index in [1.165, 1.54) is 29.7 Å². The molecule has 192 valence electrons. The van der Waals surface area contributed by atoms with Gasteiger partial charge in [0.1, 0.15) is 12.1 Å². The number of piperidine rings is 1. The second kappa shape index (κ2) is 14.2. The van der Waals surface area contributed by atoms with Crippen LogP contribution in [0.25, 0.3) is 16.7 Å². The molecule has 0 aliphatic carbocycles. The fourth-order valence-electron chi connectivity index (χ4n) is 3.92. The maximum Gasteiger partial charge on any atom is 0.207 e. The van der Waals surface area contributed by atoms with Crippen LogP contribution in [0.4, 0.5) is 5.82 Å². The lowest BCUT2D eigenvalue weighted by atomic mass is 10.1. The van der Waals surface area contributed by atoms with Crippen LogP contribution in [-0.2, 0) is 11.3 Å². The molecule has 1 aliphatic heterocycles. The maximum atomic E-state index is 9.99. The summed E-state index contributed by atoms with van der Waals surface area (Å²) in [6, 6.07) is 16.5. The molecule has 0 atom stereocenters. The van der Waals surface area contributed by atoms with Gasteiger partial charge in [-0.25, -0.2) is 14.6 Å². The number of benzene rings is 2. The van der Waals surface area contributed by atoms with Crippen LogP contribution in [0, 0.1) is 6.92 Å². The third-order valence-corrected chi connectivity index (χ3v) is 6.54. The van der Waals surface area contributed by atoms with Gasteiger partial charge < -0.3 is 10.2 Å². The number of rotatable bonds is 6. The number of carbonyl (C=O) groups excluding carboxylic acids is 1. The van der Waals surface area contributed by atoms with Gasteiger partial charge in [-0.05, 0) is 62.3 Å². The van der Waals surface area contributed by atoms with E-state index in [0.717, 1.165) is 41.2 Å². The van der Waals surface area contributed by atoms with Crippen molar-refractivity contribution in [3.63, 3.8) is 0 Å². The van der Waals surface area contributed by atoms with Crippen LogP contribution in [-0.4, -0.2) is 45.5 Å². The summed E-state index contributed by atoms with van der Waals surface area (Å²) in [5.74, 6) is 1.02. The summed E-state index contributed by atoms with van der Waals surface area (Å²) in [5, 5.41) is 8.25. The summed E-state index contributed by atoms with van der Waals surface area (Å²) in [7, 11) is 0. The minimum atomic E-state index is 0. The first-order valence-corrected chi connectivity index (χ1v) is 13.7. The predicted molar refractivity (Wildman–Crippen MR) is 152 cm³/mol. The number of aromatic nitrogens is 4.